The molecule has 1 heterocycles. The smallest absolute Gasteiger partial charge is 0.170 e. The van der Waals surface area contributed by atoms with Crippen LogP contribution in [0.4, 0.5) is 0 Å². The van der Waals surface area contributed by atoms with Crippen LogP contribution < -0.4 is 0 Å². The number of carbonyl (C=O) groups excluding carboxylic acids is 2. The fourth-order valence-electron chi connectivity index (χ4n) is 2.00. The average Bonchev–Trinajstić information content (AvgIpc) is 2.49. The van der Waals surface area contributed by atoms with E-state index >= 15 is 0 Å². The van der Waals surface area contributed by atoms with Crippen LogP contribution in [-0.4, -0.2) is 29.6 Å². The van der Waals surface area contributed by atoms with Gasteiger partial charge in [0.25, 0.3) is 0 Å². The fraction of sp³-hybridized carbons (Fsp3) is 0.867. The summed E-state index contributed by atoms with van der Waals surface area (Å²) in [7, 11) is 0. The molecule has 1 fully saturated rings. The van der Waals surface area contributed by atoms with Gasteiger partial charge < -0.3 is 9.47 Å². The lowest BCUT2D eigenvalue weighted by Crippen LogP contribution is -2.46. The number of ketones is 2. The van der Waals surface area contributed by atoms with Crippen molar-refractivity contribution in [3.63, 3.8) is 0 Å². The van der Waals surface area contributed by atoms with Crippen LogP contribution in [-0.2, 0) is 19.1 Å². The summed E-state index contributed by atoms with van der Waals surface area (Å²) in [6.45, 7) is 14.4. The molecule has 1 aliphatic rings. The number of Topliss-reactive ketones (excluding diaryl/α,β-unsaturated/α-hetero) is 2. The molecular formula is C15H26O4. The first-order valence-electron chi connectivity index (χ1n) is 6.70. The average molecular weight is 270 g/mol. The van der Waals surface area contributed by atoms with Gasteiger partial charge in [0, 0.05) is 10.8 Å². The summed E-state index contributed by atoms with van der Waals surface area (Å²) >= 11 is 0. The molecule has 1 rings (SSSR count). The Labute approximate surface area is 115 Å². The van der Waals surface area contributed by atoms with Gasteiger partial charge in [0.1, 0.15) is 0 Å². The Morgan fingerprint density at radius 2 is 1.05 bits per heavy atom. The van der Waals surface area contributed by atoms with Crippen molar-refractivity contribution in [2.24, 2.45) is 10.8 Å². The third-order valence-corrected chi connectivity index (χ3v) is 3.09. The molecule has 0 N–H and O–H groups in total. The van der Waals surface area contributed by atoms with E-state index in [1.54, 1.807) is 13.8 Å². The summed E-state index contributed by atoms with van der Waals surface area (Å²) in [6.07, 6.45) is -1.64. The van der Waals surface area contributed by atoms with Crippen molar-refractivity contribution in [2.45, 2.75) is 73.4 Å². The van der Waals surface area contributed by atoms with Crippen LogP contribution in [0.15, 0.2) is 0 Å². The highest BCUT2D eigenvalue weighted by Gasteiger charge is 2.52. The highest BCUT2D eigenvalue weighted by Crippen LogP contribution is 2.36. The fourth-order valence-corrected chi connectivity index (χ4v) is 2.00. The first kappa shape index (κ1) is 16.3. The summed E-state index contributed by atoms with van der Waals surface area (Å²) in [5.74, 6) is -1.10. The lowest BCUT2D eigenvalue weighted by molar-refractivity contribution is -0.162. The minimum Gasteiger partial charge on any atom is -0.336 e. The van der Waals surface area contributed by atoms with Gasteiger partial charge in [-0.3, -0.25) is 9.59 Å². The molecule has 19 heavy (non-hydrogen) atoms. The maximum Gasteiger partial charge on any atom is 0.170 e. The summed E-state index contributed by atoms with van der Waals surface area (Å²) in [5, 5.41) is 0. The van der Waals surface area contributed by atoms with Gasteiger partial charge in [0.2, 0.25) is 0 Å². The van der Waals surface area contributed by atoms with Crippen molar-refractivity contribution in [1.82, 2.24) is 0 Å². The minimum atomic E-state index is -0.906. The zero-order chi connectivity index (χ0) is 15.2. The van der Waals surface area contributed by atoms with Gasteiger partial charge in [-0.1, -0.05) is 41.5 Å². The number of rotatable bonds is 2. The maximum absolute atomic E-state index is 12.4. The first-order chi connectivity index (χ1) is 8.26. The van der Waals surface area contributed by atoms with Crippen molar-refractivity contribution in [3.05, 3.63) is 0 Å². The molecule has 4 heteroatoms. The van der Waals surface area contributed by atoms with Crippen LogP contribution in [0.3, 0.4) is 0 Å². The van der Waals surface area contributed by atoms with Gasteiger partial charge in [0.15, 0.2) is 29.6 Å². The molecule has 2 atom stereocenters. The Hall–Kier alpha value is -0.740. The minimum absolute atomic E-state index is 0.0966. The standard InChI is InChI=1S/C15H26O4/c1-13(2,3)11(16)9-10(12(17)14(4,5)6)19-15(7,8)18-9/h9-10H,1-8H3/t9-,10?/m0/s1. The van der Waals surface area contributed by atoms with Gasteiger partial charge in [-0.25, -0.2) is 0 Å². The van der Waals surface area contributed by atoms with Gasteiger partial charge in [-0.15, -0.1) is 0 Å². The highest BCUT2D eigenvalue weighted by atomic mass is 16.8. The molecule has 0 radical (unpaired) electrons. The second-order valence-electron chi connectivity index (χ2n) is 7.71. The first-order valence-corrected chi connectivity index (χ1v) is 6.70. The van der Waals surface area contributed by atoms with Gasteiger partial charge in [-0.05, 0) is 13.8 Å². The van der Waals surface area contributed by atoms with E-state index in [0.717, 1.165) is 0 Å². The second-order valence-corrected chi connectivity index (χ2v) is 7.71. The number of ether oxygens (including phenoxy) is 2. The van der Waals surface area contributed by atoms with Crippen LogP contribution in [0.1, 0.15) is 55.4 Å². The van der Waals surface area contributed by atoms with E-state index in [1.165, 1.54) is 0 Å². The molecule has 0 amide bonds. The molecule has 0 saturated carbocycles. The normalized spacial score (nSPS) is 27.4. The molecule has 1 unspecified atom stereocenters. The molecule has 0 bridgehead atoms. The van der Waals surface area contributed by atoms with E-state index in [2.05, 4.69) is 0 Å². The lowest BCUT2D eigenvalue weighted by Gasteiger charge is -2.26. The molecule has 0 aromatic heterocycles. The van der Waals surface area contributed by atoms with Crippen LogP contribution >= 0.6 is 0 Å². The van der Waals surface area contributed by atoms with Crippen molar-refractivity contribution >= 4 is 11.6 Å². The maximum atomic E-state index is 12.4. The summed E-state index contributed by atoms with van der Waals surface area (Å²) in [5.41, 5.74) is -1.13. The predicted molar refractivity (Wildman–Crippen MR) is 72.7 cm³/mol. The Balaban J connectivity index is 3.08. The van der Waals surface area contributed by atoms with Gasteiger partial charge in [0.05, 0.1) is 0 Å². The molecule has 4 nitrogen and oxygen atoms in total. The predicted octanol–water partition coefficient (Wildman–Crippen LogP) is 2.74. The zero-order valence-electron chi connectivity index (χ0n) is 13.3. The molecule has 0 spiro atoms. The van der Waals surface area contributed by atoms with E-state index in [0.29, 0.717) is 0 Å². The van der Waals surface area contributed by atoms with Crippen LogP contribution in [0.5, 0.6) is 0 Å². The Kier molecular flexibility index (Phi) is 4.01. The monoisotopic (exact) mass is 270 g/mol. The highest BCUT2D eigenvalue weighted by molar-refractivity contribution is 5.97. The third-order valence-electron chi connectivity index (χ3n) is 3.09. The number of hydrogen-bond acceptors (Lipinski definition) is 4. The SMILES string of the molecule is CC1(C)OC(C(=O)C(C)(C)C)[C@@H](C(=O)C(C)(C)C)O1. The summed E-state index contributed by atoms with van der Waals surface area (Å²) < 4.78 is 11.3. The third kappa shape index (κ3) is 3.63. The van der Waals surface area contributed by atoms with Gasteiger partial charge >= 0.3 is 0 Å². The lowest BCUT2D eigenvalue weighted by atomic mass is 9.80. The number of carbonyl (C=O) groups is 2. The molecular weight excluding hydrogens is 244 g/mol. The molecule has 110 valence electrons. The number of hydrogen-bond donors (Lipinski definition) is 0. The molecule has 1 saturated heterocycles. The summed E-state index contributed by atoms with van der Waals surface area (Å²) in [4.78, 5) is 24.9. The quantitative estimate of drug-likeness (QED) is 0.774. The van der Waals surface area contributed by atoms with Crippen molar-refractivity contribution in [1.29, 1.82) is 0 Å². The van der Waals surface area contributed by atoms with Crippen LogP contribution in [0, 0.1) is 10.8 Å². The van der Waals surface area contributed by atoms with E-state index < -0.39 is 28.8 Å². The Bertz CT molecular complexity index is 346. The van der Waals surface area contributed by atoms with E-state index in [9.17, 15) is 9.59 Å². The van der Waals surface area contributed by atoms with E-state index in [4.69, 9.17) is 9.47 Å². The second kappa shape index (κ2) is 4.67. The van der Waals surface area contributed by atoms with Crippen LogP contribution in [0.25, 0.3) is 0 Å². The Morgan fingerprint density at radius 3 is 1.26 bits per heavy atom. The topological polar surface area (TPSA) is 52.6 Å². The van der Waals surface area contributed by atoms with Gasteiger partial charge in [-0.2, -0.15) is 0 Å². The molecule has 0 aromatic rings. The van der Waals surface area contributed by atoms with E-state index in [-0.39, 0.29) is 11.6 Å². The molecule has 0 aromatic carbocycles. The van der Waals surface area contributed by atoms with E-state index in [1.807, 2.05) is 41.5 Å². The van der Waals surface area contributed by atoms with Crippen LogP contribution in [0.2, 0.25) is 0 Å². The molecule has 1 aliphatic heterocycles. The largest absolute Gasteiger partial charge is 0.336 e. The van der Waals surface area contributed by atoms with Crippen molar-refractivity contribution in [2.75, 3.05) is 0 Å². The van der Waals surface area contributed by atoms with Crippen molar-refractivity contribution < 1.29 is 19.1 Å². The molecule has 0 aliphatic carbocycles. The van der Waals surface area contributed by atoms with Crippen molar-refractivity contribution in [3.8, 4) is 0 Å². The summed E-state index contributed by atoms with van der Waals surface area (Å²) in [6, 6.07) is 0. The zero-order valence-corrected chi connectivity index (χ0v) is 13.3. The Morgan fingerprint density at radius 1 is 0.789 bits per heavy atom.